The van der Waals surface area contributed by atoms with Crippen molar-refractivity contribution in [2.75, 3.05) is 0 Å². The molecule has 0 spiro atoms. The molecule has 17 heavy (non-hydrogen) atoms. The van der Waals surface area contributed by atoms with Crippen molar-refractivity contribution < 1.29 is 14.6 Å². The third kappa shape index (κ3) is 9.57. The van der Waals surface area contributed by atoms with E-state index in [0.29, 0.717) is 0 Å². The number of allylic oxidation sites excluding steroid dienone is 4. The molecule has 0 rings (SSSR count). The number of unbranched alkanes of at least 4 members (excludes halogenated alkanes) is 2. The van der Waals surface area contributed by atoms with Gasteiger partial charge in [0.05, 0.1) is 6.10 Å². The molecule has 0 aromatic rings. The molecule has 0 aliphatic carbocycles. The van der Waals surface area contributed by atoms with Crippen LogP contribution in [0.2, 0.25) is 0 Å². The van der Waals surface area contributed by atoms with Gasteiger partial charge in [-0.2, -0.15) is 0 Å². The number of hydrogen-bond acceptors (Lipinski definition) is 3. The molecule has 0 radical (unpaired) electrons. The van der Waals surface area contributed by atoms with Crippen LogP contribution in [-0.2, 0) is 9.53 Å². The molecule has 0 aromatic carbocycles. The number of carbonyl (C=O) groups is 1. The maximum atomic E-state index is 11.2. The number of aliphatic hydroxyl groups is 1. The first-order chi connectivity index (χ1) is 8.07. The molecule has 2 atom stereocenters. The van der Waals surface area contributed by atoms with E-state index in [2.05, 4.69) is 6.58 Å². The van der Waals surface area contributed by atoms with Crippen molar-refractivity contribution in [3.8, 4) is 0 Å². The minimum atomic E-state index is -0.642. The molecule has 3 nitrogen and oxygen atoms in total. The molecule has 0 unspecified atom stereocenters. The van der Waals surface area contributed by atoms with Gasteiger partial charge in [0.2, 0.25) is 0 Å². The van der Waals surface area contributed by atoms with Gasteiger partial charge in [-0.25, -0.2) is 4.79 Å². The van der Waals surface area contributed by atoms with Gasteiger partial charge in [-0.15, -0.1) is 0 Å². The van der Waals surface area contributed by atoms with E-state index in [4.69, 9.17) is 9.84 Å². The Hall–Kier alpha value is -1.35. The molecule has 0 fully saturated rings. The zero-order chi connectivity index (χ0) is 13.1. The van der Waals surface area contributed by atoms with Gasteiger partial charge in [0.25, 0.3) is 0 Å². The maximum Gasteiger partial charge on any atom is 0.330 e. The van der Waals surface area contributed by atoms with E-state index in [1.807, 2.05) is 12.2 Å². The summed E-state index contributed by atoms with van der Waals surface area (Å²) in [5.41, 5.74) is 0. The van der Waals surface area contributed by atoms with E-state index in [0.717, 1.165) is 19.3 Å². The van der Waals surface area contributed by atoms with Gasteiger partial charge in [0.1, 0.15) is 6.10 Å². The number of esters is 1. The second-order valence-electron chi connectivity index (χ2n) is 3.88. The van der Waals surface area contributed by atoms with Gasteiger partial charge >= 0.3 is 5.97 Å². The molecule has 1 N–H and O–H groups in total. The van der Waals surface area contributed by atoms with Gasteiger partial charge < -0.3 is 9.84 Å². The fraction of sp³-hybridized carbons (Fsp3) is 0.500. The van der Waals surface area contributed by atoms with Crippen LogP contribution in [0, 0.1) is 0 Å². The van der Waals surface area contributed by atoms with Crippen molar-refractivity contribution in [3.63, 3.8) is 0 Å². The molecule has 0 aliphatic heterocycles. The van der Waals surface area contributed by atoms with Crippen LogP contribution in [-0.4, -0.2) is 23.3 Å². The second kappa shape index (κ2) is 9.85. The number of hydrogen-bond donors (Lipinski definition) is 1. The average molecular weight is 238 g/mol. The van der Waals surface area contributed by atoms with Crippen LogP contribution < -0.4 is 0 Å². The summed E-state index contributed by atoms with van der Waals surface area (Å²) in [4.78, 5) is 11.2. The summed E-state index contributed by atoms with van der Waals surface area (Å²) in [7, 11) is 0. The third-order valence-corrected chi connectivity index (χ3v) is 2.25. The van der Waals surface area contributed by atoms with Crippen LogP contribution in [0.15, 0.2) is 37.0 Å². The van der Waals surface area contributed by atoms with Crippen LogP contribution in [0.1, 0.15) is 33.1 Å². The van der Waals surface area contributed by atoms with Gasteiger partial charge in [0.15, 0.2) is 0 Å². The van der Waals surface area contributed by atoms with Gasteiger partial charge in [-0.05, 0) is 33.1 Å². The number of rotatable bonds is 8. The Bertz CT molecular complexity index is 277. The van der Waals surface area contributed by atoms with E-state index in [9.17, 15) is 4.79 Å². The third-order valence-electron chi connectivity index (χ3n) is 2.25. The molecule has 0 amide bonds. The van der Waals surface area contributed by atoms with Crippen LogP contribution in [0.25, 0.3) is 0 Å². The highest BCUT2D eigenvalue weighted by molar-refractivity contribution is 5.82. The summed E-state index contributed by atoms with van der Waals surface area (Å²) >= 11 is 0. The largest absolute Gasteiger partial charge is 0.457 e. The molecule has 3 heteroatoms. The SMILES string of the molecule is C=C/C=C/CCC/C=C/C(=O)O[C@@H](C)[C@H](C)O. The van der Waals surface area contributed by atoms with Crippen molar-refractivity contribution >= 4 is 5.97 Å². The van der Waals surface area contributed by atoms with Crippen LogP contribution in [0.5, 0.6) is 0 Å². The molecular formula is C14H22O3. The van der Waals surface area contributed by atoms with Crippen molar-refractivity contribution in [1.29, 1.82) is 0 Å². The highest BCUT2D eigenvalue weighted by atomic mass is 16.6. The molecular weight excluding hydrogens is 216 g/mol. The molecule has 0 saturated carbocycles. The van der Waals surface area contributed by atoms with E-state index < -0.39 is 18.2 Å². The lowest BCUT2D eigenvalue weighted by Gasteiger charge is -2.13. The van der Waals surface area contributed by atoms with E-state index >= 15 is 0 Å². The maximum absolute atomic E-state index is 11.2. The first-order valence-electron chi connectivity index (χ1n) is 5.90. The van der Waals surface area contributed by atoms with Crippen LogP contribution in [0.4, 0.5) is 0 Å². The van der Waals surface area contributed by atoms with Gasteiger partial charge in [0, 0.05) is 6.08 Å². The number of aliphatic hydroxyl groups excluding tert-OH is 1. The Balaban J connectivity index is 3.67. The molecule has 0 bridgehead atoms. The van der Waals surface area contributed by atoms with Crippen molar-refractivity contribution in [3.05, 3.63) is 37.0 Å². The van der Waals surface area contributed by atoms with E-state index in [1.54, 1.807) is 26.0 Å². The average Bonchev–Trinajstić information content (AvgIpc) is 2.27. The highest BCUT2D eigenvalue weighted by Gasteiger charge is 2.11. The van der Waals surface area contributed by atoms with Crippen molar-refractivity contribution in [1.82, 2.24) is 0 Å². The second-order valence-corrected chi connectivity index (χ2v) is 3.88. The quantitative estimate of drug-likeness (QED) is 0.306. The monoisotopic (exact) mass is 238 g/mol. The normalized spacial score (nSPS) is 15.0. The Kier molecular flexibility index (Phi) is 9.06. The van der Waals surface area contributed by atoms with E-state index in [-0.39, 0.29) is 0 Å². The predicted molar refractivity (Wildman–Crippen MR) is 69.6 cm³/mol. The summed E-state index contributed by atoms with van der Waals surface area (Å²) in [6.07, 6.45) is 10.6. The standard InChI is InChI=1S/C14H22O3/c1-4-5-6-7-8-9-10-11-14(16)17-13(3)12(2)15/h4-6,10-13,15H,1,7-9H2,2-3H3/b6-5+,11-10+/t12-,13-/m0/s1. The lowest BCUT2D eigenvalue weighted by Crippen LogP contribution is -2.24. The first-order valence-corrected chi connectivity index (χ1v) is 5.90. The molecule has 0 aliphatic rings. The fourth-order valence-electron chi connectivity index (χ4n) is 1.05. The summed E-state index contributed by atoms with van der Waals surface area (Å²) in [5.74, 6) is -0.403. The van der Waals surface area contributed by atoms with Crippen molar-refractivity contribution in [2.45, 2.75) is 45.3 Å². The first kappa shape index (κ1) is 15.7. The highest BCUT2D eigenvalue weighted by Crippen LogP contribution is 2.01. The summed E-state index contributed by atoms with van der Waals surface area (Å²) in [6.45, 7) is 6.83. The van der Waals surface area contributed by atoms with E-state index in [1.165, 1.54) is 6.08 Å². The van der Waals surface area contributed by atoms with Crippen LogP contribution >= 0.6 is 0 Å². The minimum absolute atomic E-state index is 0.403. The topological polar surface area (TPSA) is 46.5 Å². The zero-order valence-electron chi connectivity index (χ0n) is 10.6. The lowest BCUT2D eigenvalue weighted by molar-refractivity contribution is -0.146. The molecule has 96 valence electrons. The Morgan fingerprint density at radius 1 is 1.35 bits per heavy atom. The number of ether oxygens (including phenoxy) is 1. The summed E-state index contributed by atoms with van der Waals surface area (Å²) in [5, 5.41) is 9.14. The summed E-state index contributed by atoms with van der Waals surface area (Å²) in [6, 6.07) is 0. The Labute approximate surface area is 103 Å². The minimum Gasteiger partial charge on any atom is -0.457 e. The molecule has 0 heterocycles. The zero-order valence-corrected chi connectivity index (χ0v) is 10.6. The fourth-order valence-corrected chi connectivity index (χ4v) is 1.05. The summed E-state index contributed by atoms with van der Waals surface area (Å²) < 4.78 is 4.95. The van der Waals surface area contributed by atoms with Crippen LogP contribution in [0.3, 0.4) is 0 Å². The van der Waals surface area contributed by atoms with Gasteiger partial charge in [-0.1, -0.05) is 30.9 Å². The smallest absolute Gasteiger partial charge is 0.330 e. The number of carbonyl (C=O) groups excluding carboxylic acids is 1. The van der Waals surface area contributed by atoms with Gasteiger partial charge in [-0.3, -0.25) is 0 Å². The molecule has 0 saturated heterocycles. The lowest BCUT2D eigenvalue weighted by atomic mass is 10.2. The molecule has 0 aromatic heterocycles. The Morgan fingerprint density at radius 3 is 2.59 bits per heavy atom. The Morgan fingerprint density at radius 2 is 2.00 bits per heavy atom. The predicted octanol–water partition coefficient (Wildman–Crippen LogP) is 2.77. The van der Waals surface area contributed by atoms with Crippen molar-refractivity contribution in [2.24, 2.45) is 0 Å².